The van der Waals surface area contributed by atoms with Crippen LogP contribution in [-0.4, -0.2) is 10.2 Å². The molecule has 0 amide bonds. The second kappa shape index (κ2) is 5.59. The van der Waals surface area contributed by atoms with Crippen molar-refractivity contribution in [1.82, 2.24) is 10.2 Å². The van der Waals surface area contributed by atoms with Gasteiger partial charge in [0.2, 0.25) is 0 Å². The Morgan fingerprint density at radius 3 is 3.00 bits per heavy atom. The number of hydrogen-bond donors (Lipinski definition) is 2. The summed E-state index contributed by atoms with van der Waals surface area (Å²) in [5.74, 6) is 0. The second-order valence-electron chi connectivity index (χ2n) is 4.32. The van der Waals surface area contributed by atoms with E-state index in [1.54, 1.807) is 17.5 Å². The fraction of sp³-hybridized carbons (Fsp3) is 0.0667. The number of nitrogens with zero attached hydrogens (tertiary/aromatic N) is 2. The molecule has 0 spiro atoms. The summed E-state index contributed by atoms with van der Waals surface area (Å²) in [6.45, 7) is 0.721. The molecule has 3 rings (SSSR count). The molecular formula is C15H12N4S. The number of H-pyrrole nitrogens is 1. The molecule has 2 aromatic heterocycles. The van der Waals surface area contributed by atoms with Crippen molar-refractivity contribution in [2.45, 2.75) is 6.54 Å². The predicted molar refractivity (Wildman–Crippen MR) is 80.4 cm³/mol. The Hall–Kier alpha value is -2.58. The maximum atomic E-state index is 8.81. The van der Waals surface area contributed by atoms with Gasteiger partial charge in [0.25, 0.3) is 0 Å². The summed E-state index contributed by atoms with van der Waals surface area (Å²) < 4.78 is 0. The molecule has 0 saturated carbocycles. The Labute approximate surface area is 120 Å². The van der Waals surface area contributed by atoms with Crippen LogP contribution in [0.25, 0.3) is 11.3 Å². The highest BCUT2D eigenvalue weighted by Gasteiger charge is 2.02. The molecule has 0 aliphatic rings. The molecule has 0 atom stereocenters. The normalized spacial score (nSPS) is 10.2. The largest absolute Gasteiger partial charge is 0.380 e. The number of aromatic amines is 1. The minimum absolute atomic E-state index is 0.720. The highest BCUT2D eigenvalue weighted by molar-refractivity contribution is 7.10. The van der Waals surface area contributed by atoms with E-state index in [9.17, 15) is 0 Å². The second-order valence-corrected chi connectivity index (χ2v) is 5.31. The molecule has 98 valence electrons. The van der Waals surface area contributed by atoms with Crippen molar-refractivity contribution in [1.29, 1.82) is 5.26 Å². The van der Waals surface area contributed by atoms with Gasteiger partial charge in [-0.2, -0.15) is 10.4 Å². The summed E-state index contributed by atoms with van der Waals surface area (Å²) in [4.78, 5) is 1.15. The van der Waals surface area contributed by atoms with Gasteiger partial charge in [-0.1, -0.05) is 12.1 Å². The summed E-state index contributed by atoms with van der Waals surface area (Å²) in [6, 6.07) is 14.1. The van der Waals surface area contributed by atoms with Crippen molar-refractivity contribution in [3.8, 4) is 17.3 Å². The van der Waals surface area contributed by atoms with Gasteiger partial charge in [-0.15, -0.1) is 11.3 Å². The van der Waals surface area contributed by atoms with Gasteiger partial charge in [0.15, 0.2) is 0 Å². The third-order valence-corrected chi connectivity index (χ3v) is 3.86. The Balaban J connectivity index is 1.72. The number of anilines is 1. The summed E-state index contributed by atoms with van der Waals surface area (Å²) in [7, 11) is 0. The molecule has 4 nitrogen and oxygen atoms in total. The van der Waals surface area contributed by atoms with Crippen LogP contribution in [0.2, 0.25) is 0 Å². The van der Waals surface area contributed by atoms with Crippen LogP contribution in [0.4, 0.5) is 5.69 Å². The average Bonchev–Trinajstić information content (AvgIpc) is 3.17. The maximum Gasteiger partial charge on any atom is 0.100 e. The Bertz CT molecular complexity index is 737. The zero-order valence-corrected chi connectivity index (χ0v) is 11.4. The van der Waals surface area contributed by atoms with E-state index in [1.165, 1.54) is 0 Å². The molecule has 2 heterocycles. The molecule has 0 fully saturated rings. The third-order valence-electron chi connectivity index (χ3n) is 2.92. The van der Waals surface area contributed by atoms with Crippen molar-refractivity contribution >= 4 is 17.0 Å². The lowest BCUT2D eigenvalue weighted by atomic mass is 10.1. The van der Waals surface area contributed by atoms with Crippen molar-refractivity contribution in [3.05, 3.63) is 58.4 Å². The van der Waals surface area contributed by atoms with Gasteiger partial charge in [-0.3, -0.25) is 5.10 Å². The summed E-state index contributed by atoms with van der Waals surface area (Å²) >= 11 is 1.59. The van der Waals surface area contributed by atoms with Gasteiger partial charge in [0.1, 0.15) is 6.07 Å². The van der Waals surface area contributed by atoms with Crippen LogP contribution in [0.3, 0.4) is 0 Å². The fourth-order valence-electron chi connectivity index (χ4n) is 1.93. The van der Waals surface area contributed by atoms with Gasteiger partial charge < -0.3 is 5.32 Å². The number of rotatable bonds is 4. The van der Waals surface area contributed by atoms with Crippen LogP contribution >= 0.6 is 11.3 Å². The molecule has 1 aromatic carbocycles. The monoisotopic (exact) mass is 280 g/mol. The molecule has 0 radical (unpaired) electrons. The van der Waals surface area contributed by atoms with Crippen LogP contribution in [0, 0.1) is 11.3 Å². The van der Waals surface area contributed by atoms with E-state index in [2.05, 4.69) is 27.6 Å². The predicted octanol–water partition coefficient (Wildman–Crippen LogP) is 3.62. The lowest BCUT2D eigenvalue weighted by molar-refractivity contribution is 1.09. The van der Waals surface area contributed by atoms with Gasteiger partial charge in [0.05, 0.1) is 11.3 Å². The summed E-state index contributed by atoms with van der Waals surface area (Å²) in [5.41, 5.74) is 3.86. The standard InChI is InChI=1S/C15H12N4S/c16-8-11-6-14(20-10-11)9-17-13-3-1-2-12(7-13)15-4-5-18-19-15/h1-7,10,17H,9H2,(H,18,19). The molecule has 0 aliphatic heterocycles. The van der Waals surface area contributed by atoms with E-state index in [0.717, 1.165) is 33.9 Å². The number of nitrogens with one attached hydrogen (secondary N) is 2. The van der Waals surface area contributed by atoms with Crippen LogP contribution in [0.15, 0.2) is 48.0 Å². The summed E-state index contributed by atoms with van der Waals surface area (Å²) in [6.07, 6.45) is 1.74. The minimum Gasteiger partial charge on any atom is -0.380 e. The number of nitriles is 1. The van der Waals surface area contributed by atoms with Gasteiger partial charge in [-0.25, -0.2) is 0 Å². The molecule has 5 heteroatoms. The molecule has 0 aliphatic carbocycles. The van der Waals surface area contributed by atoms with Crippen molar-refractivity contribution in [2.24, 2.45) is 0 Å². The van der Waals surface area contributed by atoms with Crippen molar-refractivity contribution in [3.63, 3.8) is 0 Å². The lowest BCUT2D eigenvalue weighted by Crippen LogP contribution is -1.97. The number of aromatic nitrogens is 2. The Morgan fingerprint density at radius 1 is 1.30 bits per heavy atom. The van der Waals surface area contributed by atoms with Gasteiger partial charge in [0, 0.05) is 34.2 Å². The fourth-order valence-corrected chi connectivity index (χ4v) is 2.68. The highest BCUT2D eigenvalue weighted by Crippen LogP contribution is 2.21. The van der Waals surface area contributed by atoms with E-state index in [0.29, 0.717) is 0 Å². The van der Waals surface area contributed by atoms with Gasteiger partial charge in [-0.05, 0) is 24.3 Å². The maximum absolute atomic E-state index is 8.81. The molecular weight excluding hydrogens is 268 g/mol. The number of benzene rings is 1. The quantitative estimate of drug-likeness (QED) is 0.767. The average molecular weight is 280 g/mol. The molecule has 0 unspecified atom stereocenters. The van der Waals surface area contributed by atoms with Crippen molar-refractivity contribution in [2.75, 3.05) is 5.32 Å². The van der Waals surface area contributed by atoms with E-state index >= 15 is 0 Å². The first kappa shape index (κ1) is 12.5. The first-order chi connectivity index (χ1) is 9.85. The highest BCUT2D eigenvalue weighted by atomic mass is 32.1. The van der Waals surface area contributed by atoms with Crippen LogP contribution < -0.4 is 5.32 Å². The van der Waals surface area contributed by atoms with Crippen LogP contribution in [-0.2, 0) is 6.54 Å². The minimum atomic E-state index is 0.720. The lowest BCUT2D eigenvalue weighted by Gasteiger charge is -2.06. The Morgan fingerprint density at radius 2 is 2.25 bits per heavy atom. The van der Waals surface area contributed by atoms with E-state index < -0.39 is 0 Å². The van der Waals surface area contributed by atoms with E-state index in [1.807, 2.05) is 35.7 Å². The SMILES string of the molecule is N#Cc1csc(CNc2cccc(-c3ccn[nH]3)c2)c1. The molecule has 0 saturated heterocycles. The first-order valence-electron chi connectivity index (χ1n) is 6.16. The smallest absolute Gasteiger partial charge is 0.100 e. The number of thiophene rings is 1. The Kier molecular flexibility index (Phi) is 3.48. The molecule has 0 bridgehead atoms. The topological polar surface area (TPSA) is 64.5 Å². The van der Waals surface area contributed by atoms with E-state index in [4.69, 9.17) is 5.26 Å². The first-order valence-corrected chi connectivity index (χ1v) is 7.04. The third kappa shape index (κ3) is 2.71. The van der Waals surface area contributed by atoms with E-state index in [-0.39, 0.29) is 0 Å². The van der Waals surface area contributed by atoms with Gasteiger partial charge >= 0.3 is 0 Å². The zero-order chi connectivity index (χ0) is 13.8. The van der Waals surface area contributed by atoms with Crippen LogP contribution in [0.1, 0.15) is 10.4 Å². The molecule has 3 aromatic rings. The summed E-state index contributed by atoms with van der Waals surface area (Å²) in [5, 5.41) is 21.0. The zero-order valence-electron chi connectivity index (χ0n) is 10.6. The molecule has 20 heavy (non-hydrogen) atoms. The number of hydrogen-bond acceptors (Lipinski definition) is 4. The molecule has 2 N–H and O–H groups in total. The van der Waals surface area contributed by atoms with Crippen molar-refractivity contribution < 1.29 is 0 Å². The van der Waals surface area contributed by atoms with Crippen LogP contribution in [0.5, 0.6) is 0 Å².